The van der Waals surface area contributed by atoms with Crippen LogP contribution < -0.4 is 5.32 Å². The van der Waals surface area contributed by atoms with Gasteiger partial charge in [0.25, 0.3) is 5.91 Å². The van der Waals surface area contributed by atoms with Gasteiger partial charge in [-0.1, -0.05) is 31.0 Å². The number of carbonyl (C=O) groups excluding carboxylic acids is 2. The van der Waals surface area contributed by atoms with Gasteiger partial charge in [-0.15, -0.1) is 5.10 Å². The molecule has 1 saturated carbocycles. The summed E-state index contributed by atoms with van der Waals surface area (Å²) < 4.78 is 0. The van der Waals surface area contributed by atoms with Crippen molar-refractivity contribution < 1.29 is 9.59 Å². The van der Waals surface area contributed by atoms with Gasteiger partial charge in [-0.3, -0.25) is 9.59 Å². The van der Waals surface area contributed by atoms with Gasteiger partial charge >= 0.3 is 0 Å². The van der Waals surface area contributed by atoms with Crippen molar-refractivity contribution in [3.63, 3.8) is 0 Å². The van der Waals surface area contributed by atoms with Gasteiger partial charge in [0.05, 0.1) is 17.9 Å². The summed E-state index contributed by atoms with van der Waals surface area (Å²) in [5.74, 6) is -0.314. The molecule has 1 N–H and O–H groups in total. The molecule has 2 aliphatic rings. The summed E-state index contributed by atoms with van der Waals surface area (Å²) in [6.07, 6.45) is 5.49. The Morgan fingerprint density at radius 1 is 1.17 bits per heavy atom. The third-order valence-electron chi connectivity index (χ3n) is 4.75. The average molecular weight is 325 g/mol. The number of hydrogen-bond acceptors (Lipinski definition) is 4. The van der Waals surface area contributed by atoms with Crippen LogP contribution in [0.15, 0.2) is 36.5 Å². The first-order chi connectivity index (χ1) is 11.7. The molecule has 0 spiro atoms. The lowest BCUT2D eigenvalue weighted by atomic mass is 9.87. The van der Waals surface area contributed by atoms with Crippen LogP contribution in [0.4, 0.5) is 0 Å². The van der Waals surface area contributed by atoms with Crippen molar-refractivity contribution in [2.75, 3.05) is 6.54 Å². The van der Waals surface area contributed by atoms with Crippen LogP contribution in [0.5, 0.6) is 0 Å². The molecule has 1 aliphatic carbocycles. The summed E-state index contributed by atoms with van der Waals surface area (Å²) in [5, 5.41) is 11.5. The summed E-state index contributed by atoms with van der Waals surface area (Å²) >= 11 is 0. The Hall–Kier alpha value is -2.70. The van der Waals surface area contributed by atoms with Crippen molar-refractivity contribution in [1.82, 2.24) is 25.2 Å². The summed E-state index contributed by atoms with van der Waals surface area (Å²) in [7, 11) is 0. The van der Waals surface area contributed by atoms with Crippen molar-refractivity contribution in [1.29, 1.82) is 0 Å². The largest absolute Gasteiger partial charge is 0.350 e. The normalized spacial score (nSPS) is 23.5. The predicted molar refractivity (Wildman–Crippen MR) is 86.6 cm³/mol. The molecule has 1 aromatic carbocycles. The molecule has 0 unspecified atom stereocenters. The van der Waals surface area contributed by atoms with Crippen LogP contribution >= 0.6 is 0 Å². The molecule has 0 radical (unpaired) electrons. The molecular weight excluding hydrogens is 306 g/mol. The molecule has 2 amide bonds. The van der Waals surface area contributed by atoms with E-state index in [0.29, 0.717) is 0 Å². The quantitative estimate of drug-likeness (QED) is 0.898. The van der Waals surface area contributed by atoms with E-state index in [4.69, 9.17) is 0 Å². The van der Waals surface area contributed by atoms with Crippen molar-refractivity contribution in [3.8, 4) is 5.69 Å². The number of nitrogens with zero attached hydrogens (tertiary/aromatic N) is 4. The van der Waals surface area contributed by atoms with Gasteiger partial charge in [0.15, 0.2) is 5.69 Å². The van der Waals surface area contributed by atoms with Crippen molar-refractivity contribution in [3.05, 3.63) is 42.2 Å². The molecular formula is C17H19N5O2. The molecule has 0 bridgehead atoms. The molecule has 2 fully saturated rings. The van der Waals surface area contributed by atoms with Gasteiger partial charge in [-0.2, -0.15) is 9.90 Å². The zero-order chi connectivity index (χ0) is 16.5. The first-order valence-corrected chi connectivity index (χ1v) is 8.30. The molecule has 2 atom stereocenters. The minimum Gasteiger partial charge on any atom is -0.350 e. The molecule has 2 aromatic rings. The molecule has 24 heavy (non-hydrogen) atoms. The van der Waals surface area contributed by atoms with E-state index < -0.39 is 0 Å². The van der Waals surface area contributed by atoms with Crippen LogP contribution in [0.1, 0.15) is 36.2 Å². The van der Waals surface area contributed by atoms with E-state index in [9.17, 15) is 9.59 Å². The van der Waals surface area contributed by atoms with E-state index in [0.717, 1.165) is 31.4 Å². The number of aromatic nitrogens is 3. The second-order valence-electron chi connectivity index (χ2n) is 6.31. The second kappa shape index (κ2) is 6.07. The minimum absolute atomic E-state index is 0.0609. The van der Waals surface area contributed by atoms with Gasteiger partial charge in [0.2, 0.25) is 5.91 Å². The fourth-order valence-corrected chi connectivity index (χ4v) is 3.59. The lowest BCUT2D eigenvalue weighted by molar-refractivity contribution is -0.127. The Labute approximate surface area is 139 Å². The highest BCUT2D eigenvalue weighted by Crippen LogP contribution is 2.26. The highest BCUT2D eigenvalue weighted by molar-refractivity contribution is 5.95. The van der Waals surface area contributed by atoms with Gasteiger partial charge in [-0.25, -0.2) is 0 Å². The standard InChI is InChI=1S/C17H19N5O2/c23-16-11-21(15-9-5-4-8-13(15)19-16)17(24)14-10-18-22(20-14)12-6-2-1-3-7-12/h1-3,6-7,10,13,15H,4-5,8-9,11H2,(H,19,23)/t13-,15-/m0/s1. The van der Waals surface area contributed by atoms with E-state index in [-0.39, 0.29) is 36.1 Å². The van der Waals surface area contributed by atoms with Crippen LogP contribution in [0.3, 0.4) is 0 Å². The Morgan fingerprint density at radius 2 is 1.96 bits per heavy atom. The zero-order valence-electron chi connectivity index (χ0n) is 13.3. The monoisotopic (exact) mass is 325 g/mol. The van der Waals surface area contributed by atoms with Crippen molar-refractivity contribution in [2.45, 2.75) is 37.8 Å². The van der Waals surface area contributed by atoms with Crippen LogP contribution in [0.2, 0.25) is 0 Å². The van der Waals surface area contributed by atoms with Crippen LogP contribution in [0, 0.1) is 0 Å². The van der Waals surface area contributed by atoms with E-state index in [2.05, 4.69) is 15.5 Å². The highest BCUT2D eigenvalue weighted by atomic mass is 16.2. The molecule has 124 valence electrons. The van der Waals surface area contributed by atoms with Gasteiger partial charge in [-0.05, 0) is 25.0 Å². The zero-order valence-corrected chi connectivity index (χ0v) is 13.3. The second-order valence-corrected chi connectivity index (χ2v) is 6.31. The number of hydrogen-bond donors (Lipinski definition) is 1. The van der Waals surface area contributed by atoms with E-state index >= 15 is 0 Å². The number of fused-ring (bicyclic) bond motifs is 1. The van der Waals surface area contributed by atoms with Gasteiger partial charge in [0, 0.05) is 6.04 Å². The maximum Gasteiger partial charge on any atom is 0.276 e. The fourth-order valence-electron chi connectivity index (χ4n) is 3.59. The molecule has 7 heteroatoms. The number of amides is 2. The maximum absolute atomic E-state index is 12.9. The summed E-state index contributed by atoms with van der Waals surface area (Å²) in [6.45, 7) is 0.0954. The number of piperazine rings is 1. The number of para-hydroxylation sites is 1. The Bertz CT molecular complexity index is 757. The Morgan fingerprint density at radius 3 is 2.79 bits per heavy atom. The third kappa shape index (κ3) is 2.66. The molecule has 4 rings (SSSR count). The lowest BCUT2D eigenvalue weighted by Crippen LogP contribution is -2.62. The first-order valence-electron chi connectivity index (χ1n) is 8.30. The Balaban J connectivity index is 1.58. The average Bonchev–Trinajstić information content (AvgIpc) is 3.11. The Kier molecular flexibility index (Phi) is 3.76. The summed E-state index contributed by atoms with van der Waals surface area (Å²) in [5.41, 5.74) is 1.07. The van der Waals surface area contributed by atoms with Crippen LogP contribution in [0.25, 0.3) is 5.69 Å². The topological polar surface area (TPSA) is 80.1 Å². The minimum atomic E-state index is -0.219. The SMILES string of the molecule is O=C1CN(C(=O)c2cnn(-c3ccccc3)n2)[C@H]2CCCC[C@@H]2N1. The molecule has 1 saturated heterocycles. The highest BCUT2D eigenvalue weighted by Gasteiger charge is 2.39. The van der Waals surface area contributed by atoms with E-state index in [1.807, 2.05) is 30.3 Å². The maximum atomic E-state index is 12.9. The van der Waals surface area contributed by atoms with Crippen LogP contribution in [-0.4, -0.2) is 50.3 Å². The number of benzene rings is 1. The van der Waals surface area contributed by atoms with Crippen LogP contribution in [-0.2, 0) is 4.79 Å². The molecule has 7 nitrogen and oxygen atoms in total. The molecule has 1 aliphatic heterocycles. The van der Waals surface area contributed by atoms with Crippen molar-refractivity contribution in [2.24, 2.45) is 0 Å². The lowest BCUT2D eigenvalue weighted by Gasteiger charge is -2.43. The van der Waals surface area contributed by atoms with E-state index in [1.54, 1.807) is 4.90 Å². The molecule has 1 aromatic heterocycles. The molecule has 2 heterocycles. The van der Waals surface area contributed by atoms with Gasteiger partial charge < -0.3 is 10.2 Å². The fraction of sp³-hybridized carbons (Fsp3) is 0.412. The summed E-state index contributed by atoms with van der Waals surface area (Å²) in [4.78, 5) is 27.9. The third-order valence-corrected chi connectivity index (χ3v) is 4.75. The summed E-state index contributed by atoms with van der Waals surface area (Å²) in [6, 6.07) is 9.57. The van der Waals surface area contributed by atoms with Gasteiger partial charge in [0.1, 0.15) is 6.54 Å². The first kappa shape index (κ1) is 14.9. The van der Waals surface area contributed by atoms with E-state index in [1.165, 1.54) is 11.0 Å². The smallest absolute Gasteiger partial charge is 0.276 e. The van der Waals surface area contributed by atoms with Crippen molar-refractivity contribution >= 4 is 11.8 Å². The number of rotatable bonds is 2. The number of nitrogens with one attached hydrogen (secondary N) is 1. The predicted octanol–water partition coefficient (Wildman–Crippen LogP) is 1.15. The number of carbonyl (C=O) groups is 2.